The van der Waals surface area contributed by atoms with Crippen molar-refractivity contribution >= 4 is 5.69 Å². The first-order chi connectivity index (χ1) is 9.39. The van der Waals surface area contributed by atoms with Crippen LogP contribution in [0.4, 0.5) is 5.69 Å². The van der Waals surface area contributed by atoms with Crippen LogP contribution in [0.5, 0.6) is 0 Å². The van der Waals surface area contributed by atoms with Crippen LogP contribution in [-0.2, 0) is 12.0 Å². The van der Waals surface area contributed by atoms with Gasteiger partial charge in [0.1, 0.15) is 0 Å². The summed E-state index contributed by atoms with van der Waals surface area (Å²) < 4.78 is 2.20. The summed E-state index contributed by atoms with van der Waals surface area (Å²) in [6, 6.07) is 8.97. The normalized spacial score (nSPS) is 11.9. The van der Waals surface area contributed by atoms with Gasteiger partial charge < -0.3 is 9.88 Å². The number of rotatable bonds is 4. The molecule has 1 aromatic carbocycles. The zero-order valence-corrected chi connectivity index (χ0v) is 13.1. The molecule has 0 amide bonds. The highest BCUT2D eigenvalue weighted by Crippen LogP contribution is 2.29. The van der Waals surface area contributed by atoms with E-state index in [1.807, 2.05) is 12.5 Å². The molecule has 3 heteroatoms. The molecule has 1 aromatic heterocycles. The fourth-order valence-electron chi connectivity index (χ4n) is 2.41. The first kappa shape index (κ1) is 14.6. The molecular formula is C17H25N3. The quantitative estimate of drug-likeness (QED) is 0.894. The maximum Gasteiger partial charge on any atom is 0.0951 e. The Morgan fingerprint density at radius 1 is 1.20 bits per heavy atom. The third-order valence-electron chi connectivity index (χ3n) is 3.50. The zero-order chi connectivity index (χ0) is 14.8. The van der Waals surface area contributed by atoms with Gasteiger partial charge in [0.2, 0.25) is 0 Å². The van der Waals surface area contributed by atoms with Gasteiger partial charge >= 0.3 is 0 Å². The van der Waals surface area contributed by atoms with Gasteiger partial charge in [-0.25, -0.2) is 4.98 Å². The Kier molecular flexibility index (Phi) is 4.17. The van der Waals surface area contributed by atoms with Gasteiger partial charge in [-0.1, -0.05) is 39.0 Å². The monoisotopic (exact) mass is 271 g/mol. The average molecular weight is 271 g/mol. The summed E-state index contributed by atoms with van der Waals surface area (Å²) in [5.41, 5.74) is 3.90. The van der Waals surface area contributed by atoms with Gasteiger partial charge in [-0.2, -0.15) is 0 Å². The summed E-state index contributed by atoms with van der Waals surface area (Å²) in [6.45, 7) is 11.9. The van der Waals surface area contributed by atoms with E-state index in [0.717, 1.165) is 6.54 Å². The van der Waals surface area contributed by atoms with E-state index in [2.05, 4.69) is 73.8 Å². The van der Waals surface area contributed by atoms with E-state index < -0.39 is 0 Å². The predicted octanol–water partition coefficient (Wildman–Crippen LogP) is 4.37. The lowest BCUT2D eigenvalue weighted by Crippen LogP contribution is -2.15. The number of para-hydroxylation sites is 1. The van der Waals surface area contributed by atoms with Crippen LogP contribution in [0.1, 0.15) is 51.9 Å². The van der Waals surface area contributed by atoms with E-state index in [9.17, 15) is 0 Å². The number of hydrogen-bond acceptors (Lipinski definition) is 2. The Balaban J connectivity index is 2.18. The highest BCUT2D eigenvalue weighted by Gasteiger charge is 2.17. The van der Waals surface area contributed by atoms with E-state index in [1.54, 1.807) is 0 Å². The summed E-state index contributed by atoms with van der Waals surface area (Å²) in [5, 5.41) is 3.56. The fourth-order valence-corrected chi connectivity index (χ4v) is 2.41. The van der Waals surface area contributed by atoms with E-state index in [1.165, 1.54) is 16.9 Å². The molecule has 1 N–H and O–H groups in total. The Labute approximate surface area is 122 Å². The number of nitrogens with zero attached hydrogens (tertiary/aromatic N) is 2. The summed E-state index contributed by atoms with van der Waals surface area (Å²) in [6.07, 6.45) is 3.84. The third kappa shape index (κ3) is 3.21. The molecule has 1 heterocycles. The first-order valence-electron chi connectivity index (χ1n) is 7.23. The molecule has 0 spiro atoms. The summed E-state index contributed by atoms with van der Waals surface area (Å²) in [4.78, 5) is 4.25. The van der Waals surface area contributed by atoms with Crippen molar-refractivity contribution in [3.8, 4) is 0 Å². The Hall–Kier alpha value is -1.77. The summed E-state index contributed by atoms with van der Waals surface area (Å²) in [7, 11) is 0. The third-order valence-corrected chi connectivity index (χ3v) is 3.50. The SMILES string of the molecule is CC(C)n1cncc1CNc1ccccc1C(C)(C)C. The van der Waals surface area contributed by atoms with Crippen molar-refractivity contribution in [2.45, 2.75) is 52.6 Å². The molecule has 0 atom stereocenters. The Bertz CT molecular complexity index is 562. The molecule has 0 saturated carbocycles. The van der Waals surface area contributed by atoms with Gasteiger partial charge in [0.05, 0.1) is 18.6 Å². The van der Waals surface area contributed by atoms with Crippen LogP contribution in [0.15, 0.2) is 36.8 Å². The van der Waals surface area contributed by atoms with Crippen LogP contribution in [-0.4, -0.2) is 9.55 Å². The van der Waals surface area contributed by atoms with Crippen molar-refractivity contribution in [3.05, 3.63) is 48.0 Å². The average Bonchev–Trinajstić information content (AvgIpc) is 2.84. The van der Waals surface area contributed by atoms with Gasteiger partial charge in [0, 0.05) is 17.9 Å². The number of imidazole rings is 1. The van der Waals surface area contributed by atoms with Crippen LogP contribution in [0, 0.1) is 0 Å². The molecule has 2 rings (SSSR count). The highest BCUT2D eigenvalue weighted by atomic mass is 15.1. The van der Waals surface area contributed by atoms with Crippen molar-refractivity contribution in [3.63, 3.8) is 0 Å². The Morgan fingerprint density at radius 3 is 2.55 bits per heavy atom. The molecule has 2 aromatic rings. The lowest BCUT2D eigenvalue weighted by molar-refractivity contribution is 0.575. The van der Waals surface area contributed by atoms with E-state index in [0.29, 0.717) is 6.04 Å². The molecule has 0 saturated heterocycles. The molecule has 0 radical (unpaired) electrons. The lowest BCUT2D eigenvalue weighted by Gasteiger charge is -2.23. The van der Waals surface area contributed by atoms with Crippen LogP contribution < -0.4 is 5.32 Å². The van der Waals surface area contributed by atoms with Crippen molar-refractivity contribution in [2.24, 2.45) is 0 Å². The molecule has 0 aliphatic carbocycles. The van der Waals surface area contributed by atoms with Gasteiger partial charge in [0.25, 0.3) is 0 Å². The predicted molar refractivity (Wildman–Crippen MR) is 85.1 cm³/mol. The smallest absolute Gasteiger partial charge is 0.0951 e. The second-order valence-electron chi connectivity index (χ2n) is 6.54. The zero-order valence-electron chi connectivity index (χ0n) is 13.1. The molecule has 3 nitrogen and oxygen atoms in total. The fraction of sp³-hybridized carbons (Fsp3) is 0.471. The second kappa shape index (κ2) is 5.70. The minimum absolute atomic E-state index is 0.141. The number of nitrogens with one attached hydrogen (secondary N) is 1. The molecule has 0 aliphatic rings. The topological polar surface area (TPSA) is 29.9 Å². The van der Waals surface area contributed by atoms with Gasteiger partial charge in [-0.3, -0.25) is 0 Å². The van der Waals surface area contributed by atoms with Crippen LogP contribution in [0.2, 0.25) is 0 Å². The summed E-state index contributed by atoms with van der Waals surface area (Å²) >= 11 is 0. The maximum atomic E-state index is 4.25. The molecule has 0 bridgehead atoms. The van der Waals surface area contributed by atoms with Gasteiger partial charge in [-0.05, 0) is 30.9 Å². The van der Waals surface area contributed by atoms with Gasteiger partial charge in [0.15, 0.2) is 0 Å². The first-order valence-corrected chi connectivity index (χ1v) is 7.23. The minimum atomic E-state index is 0.141. The molecule has 0 fully saturated rings. The maximum absolute atomic E-state index is 4.25. The largest absolute Gasteiger partial charge is 0.379 e. The van der Waals surface area contributed by atoms with E-state index >= 15 is 0 Å². The van der Waals surface area contributed by atoms with Gasteiger partial charge in [-0.15, -0.1) is 0 Å². The number of benzene rings is 1. The van der Waals surface area contributed by atoms with Crippen LogP contribution in [0.25, 0.3) is 0 Å². The van der Waals surface area contributed by atoms with Crippen molar-refractivity contribution in [1.29, 1.82) is 0 Å². The van der Waals surface area contributed by atoms with Crippen LogP contribution in [0.3, 0.4) is 0 Å². The molecule has 108 valence electrons. The van der Waals surface area contributed by atoms with Crippen LogP contribution >= 0.6 is 0 Å². The van der Waals surface area contributed by atoms with Crippen molar-refractivity contribution < 1.29 is 0 Å². The van der Waals surface area contributed by atoms with Crippen molar-refractivity contribution in [2.75, 3.05) is 5.32 Å². The number of hydrogen-bond donors (Lipinski definition) is 1. The van der Waals surface area contributed by atoms with Crippen molar-refractivity contribution in [1.82, 2.24) is 9.55 Å². The van der Waals surface area contributed by atoms with E-state index in [-0.39, 0.29) is 5.41 Å². The second-order valence-corrected chi connectivity index (χ2v) is 6.54. The standard InChI is InChI=1S/C17H25N3/c1-13(2)20-12-18-10-14(20)11-19-16-9-7-6-8-15(16)17(3,4)5/h6-10,12-13,19H,11H2,1-5H3. The summed E-state index contributed by atoms with van der Waals surface area (Å²) in [5.74, 6) is 0. The molecule has 0 unspecified atom stereocenters. The lowest BCUT2D eigenvalue weighted by atomic mass is 9.86. The molecule has 20 heavy (non-hydrogen) atoms. The molecular weight excluding hydrogens is 246 g/mol. The molecule has 0 aliphatic heterocycles. The Morgan fingerprint density at radius 2 is 1.90 bits per heavy atom. The minimum Gasteiger partial charge on any atom is -0.379 e. The number of aromatic nitrogens is 2. The highest BCUT2D eigenvalue weighted by molar-refractivity contribution is 5.54. The van der Waals surface area contributed by atoms with E-state index in [4.69, 9.17) is 0 Å². The number of anilines is 1.